The van der Waals surface area contributed by atoms with Gasteiger partial charge in [0.2, 0.25) is 0 Å². The Balaban J connectivity index is 1.28. The summed E-state index contributed by atoms with van der Waals surface area (Å²) in [5.74, 6) is -0.724. The maximum absolute atomic E-state index is 13.3. The van der Waals surface area contributed by atoms with Crippen molar-refractivity contribution >= 4 is 33.5 Å². The summed E-state index contributed by atoms with van der Waals surface area (Å²) >= 11 is 0. The van der Waals surface area contributed by atoms with Crippen molar-refractivity contribution in [1.29, 1.82) is 0 Å². The van der Waals surface area contributed by atoms with Gasteiger partial charge in [-0.3, -0.25) is 9.59 Å². The third kappa shape index (κ3) is 4.71. The highest BCUT2D eigenvalue weighted by molar-refractivity contribution is 6.02. The average Bonchev–Trinajstić information content (AvgIpc) is 3.59. The van der Waals surface area contributed by atoms with Gasteiger partial charge in [0.15, 0.2) is 0 Å². The number of benzene rings is 2. The van der Waals surface area contributed by atoms with Crippen LogP contribution in [-0.4, -0.2) is 21.1 Å². The van der Waals surface area contributed by atoms with E-state index in [4.69, 9.17) is 8.83 Å². The van der Waals surface area contributed by atoms with E-state index in [1.54, 1.807) is 25.1 Å². The molecule has 0 aliphatic carbocycles. The third-order valence-corrected chi connectivity index (χ3v) is 6.46. The van der Waals surface area contributed by atoms with Gasteiger partial charge in [0.1, 0.15) is 22.7 Å². The summed E-state index contributed by atoms with van der Waals surface area (Å²) in [5, 5.41) is 2.03. The van der Waals surface area contributed by atoms with Crippen molar-refractivity contribution in [3.8, 4) is 0 Å². The largest absolute Gasteiger partial charge is 0.464 e. The molecule has 5 aromatic rings. The Bertz CT molecular complexity index is 1370. The molecule has 0 aliphatic rings. The number of hydrogen-bond donors (Lipinski definition) is 0. The van der Waals surface area contributed by atoms with Gasteiger partial charge in [0, 0.05) is 49.0 Å². The molecule has 0 saturated heterocycles. The highest BCUT2D eigenvalue weighted by Gasteiger charge is 2.27. The van der Waals surface area contributed by atoms with Crippen molar-refractivity contribution in [1.82, 2.24) is 9.55 Å². The van der Waals surface area contributed by atoms with Crippen LogP contribution in [0.25, 0.3) is 21.9 Å². The molecule has 0 unspecified atom stereocenters. The molecular formula is C28H26N2O4. The quantitative estimate of drug-likeness (QED) is 0.261. The van der Waals surface area contributed by atoms with Crippen molar-refractivity contribution in [2.45, 2.75) is 32.1 Å². The highest BCUT2D eigenvalue weighted by atomic mass is 16.3. The van der Waals surface area contributed by atoms with Gasteiger partial charge in [0.05, 0.1) is 24.8 Å². The van der Waals surface area contributed by atoms with E-state index in [2.05, 4.69) is 4.98 Å². The van der Waals surface area contributed by atoms with Crippen LogP contribution in [0.3, 0.4) is 0 Å². The van der Waals surface area contributed by atoms with E-state index >= 15 is 0 Å². The molecule has 6 heteroatoms. The average molecular weight is 455 g/mol. The Morgan fingerprint density at radius 1 is 0.853 bits per heavy atom. The zero-order chi connectivity index (χ0) is 23.5. The Morgan fingerprint density at radius 3 is 1.91 bits per heavy atom. The summed E-state index contributed by atoms with van der Waals surface area (Å²) in [4.78, 5) is 30.7. The molecule has 0 spiro atoms. The van der Waals surface area contributed by atoms with Crippen molar-refractivity contribution in [3.05, 3.63) is 90.4 Å². The van der Waals surface area contributed by atoms with Gasteiger partial charge in [-0.2, -0.15) is 0 Å². The van der Waals surface area contributed by atoms with Crippen molar-refractivity contribution < 1.29 is 18.4 Å². The highest BCUT2D eigenvalue weighted by Crippen LogP contribution is 2.22. The first-order valence-electron chi connectivity index (χ1n) is 11.5. The molecule has 0 fully saturated rings. The number of carbonyl (C=O) groups is 2. The van der Waals surface area contributed by atoms with Crippen LogP contribution in [0.15, 0.2) is 82.4 Å². The molecule has 172 valence electrons. The van der Waals surface area contributed by atoms with Crippen molar-refractivity contribution in [2.75, 3.05) is 0 Å². The summed E-state index contributed by atoms with van der Waals surface area (Å²) in [6.07, 6.45) is 8.93. The topological polar surface area (TPSA) is 78.2 Å². The van der Waals surface area contributed by atoms with E-state index in [0.717, 1.165) is 38.8 Å². The second-order valence-corrected chi connectivity index (χ2v) is 8.77. The first kappa shape index (κ1) is 21.9. The van der Waals surface area contributed by atoms with Crippen molar-refractivity contribution in [2.24, 2.45) is 13.0 Å². The molecule has 0 radical (unpaired) electrons. The van der Waals surface area contributed by atoms with E-state index < -0.39 is 5.92 Å². The molecule has 0 saturated carbocycles. The number of furan rings is 2. The Labute approximate surface area is 197 Å². The third-order valence-electron chi connectivity index (χ3n) is 6.46. The summed E-state index contributed by atoms with van der Waals surface area (Å²) in [5.41, 5.74) is 4.65. The second-order valence-electron chi connectivity index (χ2n) is 8.77. The first-order valence-corrected chi connectivity index (χ1v) is 11.5. The van der Waals surface area contributed by atoms with Crippen LogP contribution in [0.5, 0.6) is 0 Å². The lowest BCUT2D eigenvalue weighted by Gasteiger charge is -2.15. The molecule has 0 bridgehead atoms. The zero-order valence-electron chi connectivity index (χ0n) is 19.1. The first-order chi connectivity index (χ1) is 16.6. The summed E-state index contributed by atoms with van der Waals surface area (Å²) in [7, 11) is 1.88. The number of imidazole rings is 1. The molecule has 0 N–H and O–H groups in total. The van der Waals surface area contributed by atoms with Gasteiger partial charge in [-0.25, -0.2) is 4.98 Å². The molecule has 0 atom stereocenters. The Kier molecular flexibility index (Phi) is 6.12. The van der Waals surface area contributed by atoms with Crippen LogP contribution >= 0.6 is 0 Å². The molecule has 3 heterocycles. The predicted molar refractivity (Wildman–Crippen MR) is 129 cm³/mol. The molecule has 6 nitrogen and oxygen atoms in total. The molecule has 3 aromatic heterocycles. The van der Waals surface area contributed by atoms with E-state index in [-0.39, 0.29) is 11.6 Å². The van der Waals surface area contributed by atoms with E-state index in [0.29, 0.717) is 32.1 Å². The Hall–Kier alpha value is -3.93. The lowest BCUT2D eigenvalue weighted by atomic mass is 9.87. The normalized spacial score (nSPS) is 11.6. The predicted octanol–water partition coefficient (Wildman–Crippen LogP) is 5.48. The van der Waals surface area contributed by atoms with Crippen LogP contribution in [-0.2, 0) is 35.9 Å². The molecule has 34 heavy (non-hydrogen) atoms. The number of aromatic nitrogens is 2. The number of hydrogen-bond acceptors (Lipinski definition) is 5. The molecular weight excluding hydrogens is 428 g/mol. The minimum Gasteiger partial charge on any atom is -0.464 e. The summed E-state index contributed by atoms with van der Waals surface area (Å²) < 4.78 is 12.7. The summed E-state index contributed by atoms with van der Waals surface area (Å²) in [6.45, 7) is 0. The van der Waals surface area contributed by atoms with E-state index in [9.17, 15) is 9.59 Å². The molecule has 0 aliphatic heterocycles. The minimum absolute atomic E-state index is 0.0243. The van der Waals surface area contributed by atoms with Crippen LogP contribution in [0.2, 0.25) is 0 Å². The van der Waals surface area contributed by atoms with Gasteiger partial charge in [0.25, 0.3) is 0 Å². The standard InChI is InChI=1S/C28H26N2O4/c1-30-18-29-17-23(30)16-24(25(31)6-2-19-4-8-27-21(14-19)10-12-33-27)26(32)7-3-20-5-9-28-22(15-20)11-13-34-28/h4-5,8-15,17-18,24H,2-3,6-7,16H2,1H3. The number of ketones is 2. The van der Waals surface area contributed by atoms with Gasteiger partial charge in [-0.05, 0) is 60.4 Å². The van der Waals surface area contributed by atoms with Gasteiger partial charge in [-0.1, -0.05) is 12.1 Å². The lowest BCUT2D eigenvalue weighted by molar-refractivity contribution is -0.132. The summed E-state index contributed by atoms with van der Waals surface area (Å²) in [6, 6.07) is 15.7. The molecule has 0 amide bonds. The zero-order valence-corrected chi connectivity index (χ0v) is 19.1. The smallest absolute Gasteiger partial charge is 0.144 e. The lowest BCUT2D eigenvalue weighted by Crippen LogP contribution is -2.28. The minimum atomic E-state index is -0.675. The van der Waals surface area contributed by atoms with Crippen molar-refractivity contribution in [3.63, 3.8) is 0 Å². The molecule has 2 aromatic carbocycles. The Morgan fingerprint density at radius 2 is 1.41 bits per heavy atom. The number of rotatable bonds is 10. The number of carbonyl (C=O) groups excluding carboxylic acids is 2. The fourth-order valence-electron chi connectivity index (χ4n) is 4.42. The van der Waals surface area contributed by atoms with E-state index in [1.807, 2.05) is 60.1 Å². The maximum atomic E-state index is 13.3. The number of aryl methyl sites for hydroxylation is 3. The fraction of sp³-hybridized carbons (Fsp3) is 0.250. The molecule has 5 rings (SSSR count). The van der Waals surface area contributed by atoms with Crippen LogP contribution < -0.4 is 0 Å². The van der Waals surface area contributed by atoms with Gasteiger partial charge in [-0.15, -0.1) is 0 Å². The SMILES string of the molecule is Cn1cncc1CC(C(=O)CCc1ccc2occc2c1)C(=O)CCc1ccc2occc2c1. The number of nitrogens with zero attached hydrogens (tertiary/aromatic N) is 2. The second kappa shape index (κ2) is 9.51. The monoisotopic (exact) mass is 454 g/mol. The van der Waals surface area contributed by atoms with Gasteiger partial charge < -0.3 is 13.4 Å². The van der Waals surface area contributed by atoms with E-state index in [1.165, 1.54) is 0 Å². The van der Waals surface area contributed by atoms with Crippen LogP contribution in [0.4, 0.5) is 0 Å². The fourth-order valence-corrected chi connectivity index (χ4v) is 4.42. The van der Waals surface area contributed by atoms with Crippen LogP contribution in [0.1, 0.15) is 29.7 Å². The number of fused-ring (bicyclic) bond motifs is 2. The number of Topliss-reactive ketones (excluding diaryl/α,β-unsaturated/α-hetero) is 2. The maximum Gasteiger partial charge on any atom is 0.144 e. The van der Waals surface area contributed by atoms with Gasteiger partial charge >= 0.3 is 0 Å². The van der Waals surface area contributed by atoms with Crippen LogP contribution in [0, 0.1) is 5.92 Å².